The highest BCUT2D eigenvalue weighted by Crippen LogP contribution is 2.25. The maximum atomic E-state index is 6.02. The van der Waals surface area contributed by atoms with Crippen molar-refractivity contribution in [3.63, 3.8) is 0 Å². The first-order valence-corrected chi connectivity index (χ1v) is 7.03. The summed E-state index contributed by atoms with van der Waals surface area (Å²) in [5, 5.41) is 3.90. The highest BCUT2D eigenvalue weighted by molar-refractivity contribution is 6.30. The first-order valence-electron chi connectivity index (χ1n) is 6.65. The summed E-state index contributed by atoms with van der Waals surface area (Å²) in [6.07, 6.45) is 2.42. The number of halogens is 1. The maximum Gasteiger partial charge on any atom is 0.128 e. The molecule has 1 heterocycles. The third kappa shape index (κ3) is 3.30. The van der Waals surface area contributed by atoms with Crippen LogP contribution in [0.3, 0.4) is 0 Å². The van der Waals surface area contributed by atoms with Crippen LogP contribution in [-0.2, 0) is 6.42 Å². The molecule has 106 valence electrons. The Bertz CT molecular complexity index is 611. The number of anilines is 1. The zero-order valence-electron chi connectivity index (χ0n) is 12.1. The van der Waals surface area contributed by atoms with Crippen LogP contribution >= 0.6 is 11.6 Å². The third-order valence-corrected chi connectivity index (χ3v) is 3.86. The average Bonchev–Trinajstić information content (AvgIpc) is 2.43. The van der Waals surface area contributed by atoms with E-state index in [-0.39, 0.29) is 6.04 Å². The van der Waals surface area contributed by atoms with E-state index in [1.807, 2.05) is 13.1 Å². The summed E-state index contributed by atoms with van der Waals surface area (Å²) < 4.78 is 0. The lowest BCUT2D eigenvalue weighted by Gasteiger charge is -2.19. The van der Waals surface area contributed by atoms with Crippen LogP contribution in [0.15, 0.2) is 30.5 Å². The lowest BCUT2D eigenvalue weighted by Crippen LogP contribution is -2.20. The predicted molar refractivity (Wildman–Crippen MR) is 85.1 cm³/mol. The van der Waals surface area contributed by atoms with Gasteiger partial charge < -0.3 is 11.1 Å². The largest absolute Gasteiger partial charge is 0.383 e. The zero-order chi connectivity index (χ0) is 14.7. The SMILES string of the molecule is CNC(Cc1ccc(C)c(C)c1)c1cc(Cl)cnc1N. The number of nitrogens with zero attached hydrogens (tertiary/aromatic N) is 1. The molecule has 0 aliphatic heterocycles. The molecule has 1 atom stereocenters. The van der Waals surface area contributed by atoms with E-state index >= 15 is 0 Å². The molecule has 0 bridgehead atoms. The summed E-state index contributed by atoms with van der Waals surface area (Å²) in [7, 11) is 1.92. The van der Waals surface area contributed by atoms with Crippen molar-refractivity contribution in [2.45, 2.75) is 26.3 Å². The predicted octanol–water partition coefficient (Wildman–Crippen LogP) is 3.44. The molecule has 0 saturated carbocycles. The van der Waals surface area contributed by atoms with E-state index in [1.165, 1.54) is 16.7 Å². The molecule has 20 heavy (non-hydrogen) atoms. The fourth-order valence-corrected chi connectivity index (χ4v) is 2.44. The van der Waals surface area contributed by atoms with Crippen LogP contribution < -0.4 is 11.1 Å². The van der Waals surface area contributed by atoms with Gasteiger partial charge in [-0.15, -0.1) is 0 Å². The van der Waals surface area contributed by atoms with Crippen molar-refractivity contribution in [1.29, 1.82) is 0 Å². The second-order valence-corrected chi connectivity index (χ2v) is 5.53. The Morgan fingerprint density at radius 3 is 2.65 bits per heavy atom. The van der Waals surface area contributed by atoms with Crippen LogP contribution in [0.4, 0.5) is 5.82 Å². The van der Waals surface area contributed by atoms with Crippen LogP contribution in [0, 0.1) is 13.8 Å². The second kappa shape index (κ2) is 6.25. The third-order valence-electron chi connectivity index (χ3n) is 3.65. The Morgan fingerprint density at radius 1 is 1.25 bits per heavy atom. The number of hydrogen-bond acceptors (Lipinski definition) is 3. The molecule has 3 nitrogen and oxygen atoms in total. The second-order valence-electron chi connectivity index (χ2n) is 5.09. The Balaban J connectivity index is 2.28. The molecule has 1 aromatic carbocycles. The minimum atomic E-state index is 0.100. The van der Waals surface area contributed by atoms with E-state index in [9.17, 15) is 0 Å². The van der Waals surface area contributed by atoms with E-state index < -0.39 is 0 Å². The fraction of sp³-hybridized carbons (Fsp3) is 0.312. The molecule has 2 rings (SSSR count). The molecule has 0 aliphatic rings. The highest BCUT2D eigenvalue weighted by atomic mass is 35.5. The summed E-state index contributed by atoms with van der Waals surface area (Å²) in [5.41, 5.74) is 10.8. The minimum absolute atomic E-state index is 0.100. The Hall–Kier alpha value is -1.58. The molecule has 0 amide bonds. The lowest BCUT2D eigenvalue weighted by atomic mass is 9.97. The van der Waals surface area contributed by atoms with Crippen molar-refractivity contribution >= 4 is 17.4 Å². The smallest absolute Gasteiger partial charge is 0.128 e. The topological polar surface area (TPSA) is 50.9 Å². The van der Waals surface area contributed by atoms with Crippen molar-refractivity contribution in [3.05, 3.63) is 57.7 Å². The number of nitrogen functional groups attached to an aromatic ring is 1. The number of benzene rings is 1. The molecule has 3 N–H and O–H groups in total. The van der Waals surface area contributed by atoms with E-state index in [1.54, 1.807) is 6.20 Å². The number of nitrogens with one attached hydrogen (secondary N) is 1. The van der Waals surface area contributed by atoms with Gasteiger partial charge in [-0.05, 0) is 50.1 Å². The van der Waals surface area contributed by atoms with Crippen LogP contribution in [0.2, 0.25) is 5.02 Å². The van der Waals surface area contributed by atoms with Crippen LogP contribution in [-0.4, -0.2) is 12.0 Å². The van der Waals surface area contributed by atoms with E-state index in [4.69, 9.17) is 17.3 Å². The summed E-state index contributed by atoms with van der Waals surface area (Å²) in [5.74, 6) is 0.526. The lowest BCUT2D eigenvalue weighted by molar-refractivity contribution is 0.592. The van der Waals surface area contributed by atoms with Crippen LogP contribution in [0.25, 0.3) is 0 Å². The molecule has 1 aromatic heterocycles. The highest BCUT2D eigenvalue weighted by Gasteiger charge is 2.15. The molecular formula is C16H20ClN3. The maximum absolute atomic E-state index is 6.02. The van der Waals surface area contributed by atoms with Gasteiger partial charge in [0.05, 0.1) is 5.02 Å². The number of pyridine rings is 1. The Labute approximate surface area is 125 Å². The number of likely N-dealkylation sites (N-methyl/N-ethyl adjacent to an activating group) is 1. The van der Waals surface area contributed by atoms with Crippen molar-refractivity contribution in [1.82, 2.24) is 10.3 Å². The molecule has 2 aromatic rings. The summed E-state index contributed by atoms with van der Waals surface area (Å²) in [4.78, 5) is 4.13. The summed E-state index contributed by atoms with van der Waals surface area (Å²) in [6, 6.07) is 8.50. The Kier molecular flexibility index (Phi) is 4.63. The average molecular weight is 290 g/mol. The first-order chi connectivity index (χ1) is 9.51. The zero-order valence-corrected chi connectivity index (χ0v) is 12.8. The molecule has 0 saturated heterocycles. The first kappa shape index (κ1) is 14.8. The fourth-order valence-electron chi connectivity index (χ4n) is 2.28. The molecule has 0 radical (unpaired) electrons. The number of nitrogens with two attached hydrogens (primary N) is 1. The van der Waals surface area contributed by atoms with Gasteiger partial charge in [0.15, 0.2) is 0 Å². The number of aromatic nitrogens is 1. The Morgan fingerprint density at radius 2 is 2.00 bits per heavy atom. The van der Waals surface area contributed by atoms with Gasteiger partial charge in [0.1, 0.15) is 5.82 Å². The summed E-state index contributed by atoms with van der Waals surface area (Å²) >= 11 is 6.02. The van der Waals surface area contributed by atoms with Gasteiger partial charge in [0.25, 0.3) is 0 Å². The van der Waals surface area contributed by atoms with Gasteiger partial charge in [0.2, 0.25) is 0 Å². The molecule has 0 fully saturated rings. The van der Waals surface area contributed by atoms with Gasteiger partial charge in [0, 0.05) is 17.8 Å². The van der Waals surface area contributed by atoms with Gasteiger partial charge in [-0.25, -0.2) is 4.98 Å². The van der Waals surface area contributed by atoms with E-state index in [0.717, 1.165) is 12.0 Å². The van der Waals surface area contributed by atoms with Crippen molar-refractivity contribution < 1.29 is 0 Å². The number of hydrogen-bond donors (Lipinski definition) is 2. The molecule has 4 heteroatoms. The van der Waals surface area contributed by atoms with Crippen molar-refractivity contribution in [3.8, 4) is 0 Å². The minimum Gasteiger partial charge on any atom is -0.383 e. The standard InChI is InChI=1S/C16H20ClN3/c1-10-4-5-12(6-11(10)2)7-15(19-3)14-8-13(17)9-20-16(14)18/h4-6,8-9,15,19H,7H2,1-3H3,(H2,18,20). The summed E-state index contributed by atoms with van der Waals surface area (Å²) in [6.45, 7) is 4.25. The normalized spacial score (nSPS) is 12.4. The monoisotopic (exact) mass is 289 g/mol. The van der Waals surface area contributed by atoms with Crippen molar-refractivity contribution in [2.24, 2.45) is 0 Å². The van der Waals surface area contributed by atoms with Gasteiger partial charge in [-0.1, -0.05) is 29.8 Å². The van der Waals surface area contributed by atoms with Gasteiger partial charge >= 0.3 is 0 Å². The van der Waals surface area contributed by atoms with Crippen LogP contribution in [0.1, 0.15) is 28.3 Å². The number of rotatable bonds is 4. The molecule has 0 spiro atoms. The van der Waals surface area contributed by atoms with E-state index in [0.29, 0.717) is 10.8 Å². The quantitative estimate of drug-likeness (QED) is 0.906. The van der Waals surface area contributed by atoms with Gasteiger partial charge in [-0.3, -0.25) is 0 Å². The van der Waals surface area contributed by atoms with Crippen molar-refractivity contribution in [2.75, 3.05) is 12.8 Å². The molecule has 0 aliphatic carbocycles. The van der Waals surface area contributed by atoms with Gasteiger partial charge in [-0.2, -0.15) is 0 Å². The number of aryl methyl sites for hydroxylation is 2. The molecule has 1 unspecified atom stereocenters. The van der Waals surface area contributed by atoms with E-state index in [2.05, 4.69) is 42.3 Å². The van der Waals surface area contributed by atoms with Crippen LogP contribution in [0.5, 0.6) is 0 Å². The molecular weight excluding hydrogens is 270 g/mol.